The van der Waals surface area contributed by atoms with Crippen molar-refractivity contribution in [3.05, 3.63) is 41.2 Å². The van der Waals surface area contributed by atoms with Gasteiger partial charge in [-0.1, -0.05) is 13.8 Å². The Hall–Kier alpha value is -1.81. The fraction of sp³-hybridized carbons (Fsp3) is 0.600. The van der Waals surface area contributed by atoms with E-state index in [4.69, 9.17) is 14.5 Å². The molecule has 0 radical (unpaired) electrons. The molecule has 33 heavy (non-hydrogen) atoms. The smallest absolute Gasteiger partial charge is 0.195 e. The molecule has 0 saturated heterocycles. The van der Waals surface area contributed by atoms with Gasteiger partial charge in [0.2, 0.25) is 0 Å². The lowest BCUT2D eigenvalue weighted by atomic mass is 10.1. The zero-order valence-corrected chi connectivity index (χ0v) is 23.6. The van der Waals surface area contributed by atoms with Gasteiger partial charge in [0.15, 0.2) is 5.96 Å². The second-order valence-electron chi connectivity index (χ2n) is 8.82. The summed E-state index contributed by atoms with van der Waals surface area (Å²) in [5, 5.41) is 11.4. The van der Waals surface area contributed by atoms with Crippen molar-refractivity contribution in [2.75, 3.05) is 31.6 Å². The zero-order chi connectivity index (χ0) is 23.5. The molecule has 0 fully saturated rings. The SMILES string of the molecule is Cc1nn(C)c(C)c1CCNC(=NCCCOCC(C)C)Nc1ccc(OC(C)C)cc1.I. The van der Waals surface area contributed by atoms with Gasteiger partial charge in [-0.15, -0.1) is 24.0 Å². The molecule has 186 valence electrons. The monoisotopic (exact) mass is 571 g/mol. The summed E-state index contributed by atoms with van der Waals surface area (Å²) < 4.78 is 13.4. The van der Waals surface area contributed by atoms with Crippen LogP contribution in [0.4, 0.5) is 5.69 Å². The minimum atomic E-state index is 0. The number of nitrogens with one attached hydrogen (secondary N) is 2. The first-order valence-corrected chi connectivity index (χ1v) is 11.6. The molecule has 2 rings (SSSR count). The van der Waals surface area contributed by atoms with Gasteiger partial charge < -0.3 is 20.1 Å². The zero-order valence-electron chi connectivity index (χ0n) is 21.3. The molecule has 2 aromatic rings. The van der Waals surface area contributed by atoms with Gasteiger partial charge in [0.05, 0.1) is 11.8 Å². The number of aryl methyl sites for hydroxylation is 2. The Morgan fingerprint density at radius 3 is 2.39 bits per heavy atom. The van der Waals surface area contributed by atoms with E-state index >= 15 is 0 Å². The first-order valence-electron chi connectivity index (χ1n) is 11.6. The third kappa shape index (κ3) is 10.8. The maximum atomic E-state index is 5.74. The van der Waals surface area contributed by atoms with Crippen molar-refractivity contribution in [2.45, 2.75) is 60.5 Å². The molecule has 0 unspecified atom stereocenters. The predicted octanol–water partition coefficient (Wildman–Crippen LogP) is 5.11. The highest BCUT2D eigenvalue weighted by molar-refractivity contribution is 14.0. The lowest BCUT2D eigenvalue weighted by Crippen LogP contribution is -2.33. The highest BCUT2D eigenvalue weighted by Crippen LogP contribution is 2.17. The molecule has 0 spiro atoms. The van der Waals surface area contributed by atoms with Gasteiger partial charge >= 0.3 is 0 Å². The maximum Gasteiger partial charge on any atom is 0.195 e. The van der Waals surface area contributed by atoms with E-state index in [0.29, 0.717) is 12.5 Å². The summed E-state index contributed by atoms with van der Waals surface area (Å²) in [5.74, 6) is 2.19. The van der Waals surface area contributed by atoms with Crippen LogP contribution >= 0.6 is 24.0 Å². The molecule has 1 aromatic carbocycles. The minimum Gasteiger partial charge on any atom is -0.491 e. The van der Waals surface area contributed by atoms with E-state index < -0.39 is 0 Å². The van der Waals surface area contributed by atoms with Crippen LogP contribution < -0.4 is 15.4 Å². The van der Waals surface area contributed by atoms with Crippen molar-refractivity contribution in [2.24, 2.45) is 18.0 Å². The van der Waals surface area contributed by atoms with Gasteiger partial charge in [0.25, 0.3) is 0 Å². The number of aliphatic imine (C=N–C) groups is 1. The molecular formula is C25H42IN5O2. The third-order valence-electron chi connectivity index (χ3n) is 4.98. The summed E-state index contributed by atoms with van der Waals surface area (Å²) in [7, 11) is 1.99. The first-order chi connectivity index (χ1) is 15.3. The lowest BCUT2D eigenvalue weighted by Gasteiger charge is -2.14. The van der Waals surface area contributed by atoms with Crippen molar-refractivity contribution >= 4 is 35.6 Å². The summed E-state index contributed by atoms with van der Waals surface area (Å²) in [4.78, 5) is 4.75. The number of benzene rings is 1. The van der Waals surface area contributed by atoms with E-state index in [2.05, 4.69) is 43.4 Å². The summed E-state index contributed by atoms with van der Waals surface area (Å²) in [6.45, 7) is 15.5. The number of hydrogen-bond donors (Lipinski definition) is 2. The van der Waals surface area contributed by atoms with Gasteiger partial charge in [-0.05, 0) is 76.3 Å². The molecule has 1 aromatic heterocycles. The summed E-state index contributed by atoms with van der Waals surface area (Å²) in [6, 6.07) is 7.97. The van der Waals surface area contributed by atoms with Crippen molar-refractivity contribution < 1.29 is 9.47 Å². The summed E-state index contributed by atoms with van der Waals surface area (Å²) >= 11 is 0. The van der Waals surface area contributed by atoms with Gasteiger partial charge in [-0.2, -0.15) is 5.10 Å². The van der Waals surface area contributed by atoms with Crippen LogP contribution in [-0.4, -0.2) is 48.1 Å². The average molecular weight is 572 g/mol. The first kappa shape index (κ1) is 29.2. The molecule has 0 aliphatic rings. The van der Waals surface area contributed by atoms with E-state index in [-0.39, 0.29) is 30.1 Å². The standard InChI is InChI=1S/C25H41N5O2.HI/c1-18(2)17-31-16-8-14-26-25(27-15-13-24-20(5)29-30(7)21(24)6)28-22-9-11-23(12-10-22)32-19(3)4;/h9-12,18-19H,8,13-17H2,1-7H3,(H2,26,27,28);1H. The molecule has 1 heterocycles. The number of rotatable bonds is 12. The van der Waals surface area contributed by atoms with Crippen molar-refractivity contribution in [3.63, 3.8) is 0 Å². The molecule has 0 aliphatic carbocycles. The van der Waals surface area contributed by atoms with E-state index in [1.807, 2.05) is 49.8 Å². The van der Waals surface area contributed by atoms with Crippen LogP contribution in [0.15, 0.2) is 29.3 Å². The fourth-order valence-corrected chi connectivity index (χ4v) is 3.33. The molecular weight excluding hydrogens is 529 g/mol. The number of ether oxygens (including phenoxy) is 2. The normalized spacial score (nSPS) is 11.6. The number of hydrogen-bond acceptors (Lipinski definition) is 4. The molecule has 0 bridgehead atoms. The third-order valence-corrected chi connectivity index (χ3v) is 4.98. The van der Waals surface area contributed by atoms with Gasteiger partial charge in [0.1, 0.15) is 5.75 Å². The van der Waals surface area contributed by atoms with Crippen molar-refractivity contribution in [1.29, 1.82) is 0 Å². The number of anilines is 1. The Bertz CT molecular complexity index is 847. The summed E-state index contributed by atoms with van der Waals surface area (Å²) in [5.41, 5.74) is 4.55. The topological polar surface area (TPSA) is 72.7 Å². The van der Waals surface area contributed by atoms with Crippen LogP contribution in [-0.2, 0) is 18.2 Å². The number of guanidine groups is 1. The minimum absolute atomic E-state index is 0. The molecule has 0 saturated carbocycles. The second-order valence-corrected chi connectivity index (χ2v) is 8.82. The molecule has 0 amide bonds. The van der Waals surface area contributed by atoms with Crippen LogP contribution in [0, 0.1) is 19.8 Å². The second kappa shape index (κ2) is 15.2. The van der Waals surface area contributed by atoms with Crippen LogP contribution in [0.3, 0.4) is 0 Å². The number of aromatic nitrogens is 2. The van der Waals surface area contributed by atoms with E-state index in [1.165, 1.54) is 11.3 Å². The predicted molar refractivity (Wildman–Crippen MR) is 148 cm³/mol. The molecule has 7 nitrogen and oxygen atoms in total. The highest BCUT2D eigenvalue weighted by Gasteiger charge is 2.09. The van der Waals surface area contributed by atoms with Gasteiger partial charge in [0, 0.05) is 44.7 Å². The molecule has 0 atom stereocenters. The van der Waals surface area contributed by atoms with E-state index in [1.54, 1.807) is 0 Å². The van der Waals surface area contributed by atoms with Crippen LogP contribution in [0.25, 0.3) is 0 Å². The lowest BCUT2D eigenvalue weighted by molar-refractivity contribution is 0.109. The fourth-order valence-electron chi connectivity index (χ4n) is 3.33. The molecule has 8 heteroatoms. The number of nitrogens with zero attached hydrogens (tertiary/aromatic N) is 3. The largest absolute Gasteiger partial charge is 0.491 e. The molecule has 2 N–H and O–H groups in total. The average Bonchev–Trinajstić information content (AvgIpc) is 2.97. The van der Waals surface area contributed by atoms with Crippen LogP contribution in [0.5, 0.6) is 5.75 Å². The Morgan fingerprint density at radius 1 is 1.12 bits per heavy atom. The van der Waals surface area contributed by atoms with Crippen molar-refractivity contribution in [3.8, 4) is 5.75 Å². The van der Waals surface area contributed by atoms with Crippen LogP contribution in [0.1, 0.15) is 51.1 Å². The Labute approximate surface area is 216 Å². The van der Waals surface area contributed by atoms with E-state index in [0.717, 1.165) is 55.7 Å². The quantitative estimate of drug-likeness (QED) is 0.161. The molecule has 0 aliphatic heterocycles. The van der Waals surface area contributed by atoms with Crippen LogP contribution in [0.2, 0.25) is 0 Å². The van der Waals surface area contributed by atoms with Gasteiger partial charge in [-0.25, -0.2) is 0 Å². The Kier molecular flexibility index (Phi) is 13.4. The summed E-state index contributed by atoms with van der Waals surface area (Å²) in [6.07, 6.45) is 1.94. The Morgan fingerprint density at radius 2 is 1.82 bits per heavy atom. The number of halogens is 1. The maximum absolute atomic E-state index is 5.74. The van der Waals surface area contributed by atoms with Gasteiger partial charge in [-0.3, -0.25) is 9.67 Å². The van der Waals surface area contributed by atoms with E-state index in [9.17, 15) is 0 Å². The van der Waals surface area contributed by atoms with Crippen molar-refractivity contribution in [1.82, 2.24) is 15.1 Å². The Balaban J connectivity index is 0.00000544. The highest BCUT2D eigenvalue weighted by atomic mass is 127.